The summed E-state index contributed by atoms with van der Waals surface area (Å²) in [5.74, 6) is 0.433. The maximum atomic E-state index is 11.8. The molecule has 1 N–H and O–H groups in total. The Kier molecular flexibility index (Phi) is 5.29. The molecule has 1 rings (SSSR count). The standard InChI is InChI=1S/C13H18ClNO2/c1-4-11(13(16)15-9(2)3)17-12-8-6-5-7-10(12)14/h5-9,11H,4H2,1-3H3,(H,15,16)/t11-/m0/s1. The summed E-state index contributed by atoms with van der Waals surface area (Å²) in [4.78, 5) is 11.8. The highest BCUT2D eigenvalue weighted by atomic mass is 35.5. The summed E-state index contributed by atoms with van der Waals surface area (Å²) in [7, 11) is 0. The van der Waals surface area contributed by atoms with Gasteiger partial charge in [0.05, 0.1) is 5.02 Å². The van der Waals surface area contributed by atoms with Crippen molar-refractivity contribution in [2.75, 3.05) is 0 Å². The SMILES string of the molecule is CC[C@H](Oc1ccccc1Cl)C(=O)NC(C)C. The molecule has 0 heterocycles. The van der Waals surface area contributed by atoms with Crippen LogP contribution in [0.4, 0.5) is 0 Å². The van der Waals surface area contributed by atoms with Crippen molar-refractivity contribution in [1.82, 2.24) is 5.32 Å². The van der Waals surface area contributed by atoms with Gasteiger partial charge in [-0.3, -0.25) is 4.79 Å². The van der Waals surface area contributed by atoms with Crippen molar-refractivity contribution in [1.29, 1.82) is 0 Å². The summed E-state index contributed by atoms with van der Waals surface area (Å²) in [5.41, 5.74) is 0. The van der Waals surface area contributed by atoms with Gasteiger partial charge in [-0.15, -0.1) is 0 Å². The lowest BCUT2D eigenvalue weighted by Crippen LogP contribution is -2.41. The van der Waals surface area contributed by atoms with Crippen LogP contribution in [-0.2, 0) is 4.79 Å². The number of hydrogen-bond donors (Lipinski definition) is 1. The molecule has 0 aliphatic rings. The van der Waals surface area contributed by atoms with Crippen LogP contribution in [0.15, 0.2) is 24.3 Å². The normalized spacial score (nSPS) is 12.3. The first kappa shape index (κ1) is 13.8. The van der Waals surface area contributed by atoms with Crippen LogP contribution in [-0.4, -0.2) is 18.1 Å². The van der Waals surface area contributed by atoms with Gasteiger partial charge in [-0.25, -0.2) is 0 Å². The van der Waals surface area contributed by atoms with E-state index in [2.05, 4.69) is 5.32 Å². The molecule has 1 atom stereocenters. The van der Waals surface area contributed by atoms with Crippen molar-refractivity contribution in [3.05, 3.63) is 29.3 Å². The van der Waals surface area contributed by atoms with Crippen LogP contribution in [0, 0.1) is 0 Å². The topological polar surface area (TPSA) is 38.3 Å². The van der Waals surface area contributed by atoms with Crippen LogP contribution in [0.3, 0.4) is 0 Å². The summed E-state index contributed by atoms with van der Waals surface area (Å²) >= 11 is 5.98. The fraction of sp³-hybridized carbons (Fsp3) is 0.462. The highest BCUT2D eigenvalue weighted by Gasteiger charge is 2.19. The minimum Gasteiger partial charge on any atom is -0.479 e. The van der Waals surface area contributed by atoms with Crippen LogP contribution in [0.2, 0.25) is 5.02 Å². The minimum atomic E-state index is -0.503. The lowest BCUT2D eigenvalue weighted by molar-refractivity contribution is -0.128. The van der Waals surface area contributed by atoms with E-state index in [9.17, 15) is 4.79 Å². The summed E-state index contributed by atoms with van der Waals surface area (Å²) in [5, 5.41) is 3.34. The molecule has 0 unspecified atom stereocenters. The average molecular weight is 256 g/mol. The van der Waals surface area contributed by atoms with Gasteiger partial charge in [0.15, 0.2) is 6.10 Å². The molecule has 0 aromatic heterocycles. The fourth-order valence-electron chi connectivity index (χ4n) is 1.39. The third-order valence-electron chi connectivity index (χ3n) is 2.20. The van der Waals surface area contributed by atoms with Crippen LogP contribution < -0.4 is 10.1 Å². The van der Waals surface area contributed by atoms with Gasteiger partial charge >= 0.3 is 0 Å². The second-order valence-electron chi connectivity index (χ2n) is 4.11. The highest BCUT2D eigenvalue weighted by Crippen LogP contribution is 2.24. The molecule has 1 aromatic carbocycles. The van der Waals surface area contributed by atoms with Crippen LogP contribution >= 0.6 is 11.6 Å². The van der Waals surface area contributed by atoms with E-state index in [1.165, 1.54) is 0 Å². The molecule has 0 aliphatic carbocycles. The van der Waals surface area contributed by atoms with E-state index >= 15 is 0 Å². The smallest absolute Gasteiger partial charge is 0.261 e. The van der Waals surface area contributed by atoms with Gasteiger partial charge in [-0.05, 0) is 32.4 Å². The van der Waals surface area contributed by atoms with Gasteiger partial charge in [0.1, 0.15) is 5.75 Å². The number of carbonyl (C=O) groups excluding carboxylic acids is 1. The molecule has 0 fully saturated rings. The third-order valence-corrected chi connectivity index (χ3v) is 2.51. The van der Waals surface area contributed by atoms with E-state index in [1.807, 2.05) is 32.9 Å². The van der Waals surface area contributed by atoms with Crippen molar-refractivity contribution in [3.8, 4) is 5.75 Å². The van der Waals surface area contributed by atoms with Crippen LogP contribution in [0.1, 0.15) is 27.2 Å². The number of ether oxygens (including phenoxy) is 1. The Morgan fingerprint density at radius 1 is 1.41 bits per heavy atom. The third kappa shape index (κ3) is 4.27. The lowest BCUT2D eigenvalue weighted by atomic mass is 10.2. The number of hydrogen-bond acceptors (Lipinski definition) is 2. The maximum Gasteiger partial charge on any atom is 0.261 e. The molecular weight excluding hydrogens is 238 g/mol. The molecule has 0 saturated carbocycles. The van der Waals surface area contributed by atoms with Gasteiger partial charge < -0.3 is 10.1 Å². The Bertz CT molecular complexity index is 379. The van der Waals surface area contributed by atoms with Crippen molar-refractivity contribution in [3.63, 3.8) is 0 Å². The molecule has 0 bridgehead atoms. The van der Waals surface area contributed by atoms with E-state index in [0.29, 0.717) is 17.2 Å². The second kappa shape index (κ2) is 6.50. The number of halogens is 1. The number of carbonyl (C=O) groups is 1. The number of amides is 1. The van der Waals surface area contributed by atoms with Crippen molar-refractivity contribution >= 4 is 17.5 Å². The molecule has 0 spiro atoms. The first-order valence-corrected chi connectivity index (χ1v) is 6.14. The summed E-state index contributed by atoms with van der Waals surface area (Å²) in [6.45, 7) is 5.74. The molecule has 4 heteroatoms. The van der Waals surface area contributed by atoms with Crippen molar-refractivity contribution < 1.29 is 9.53 Å². The van der Waals surface area contributed by atoms with E-state index in [0.717, 1.165) is 0 Å². The monoisotopic (exact) mass is 255 g/mol. The van der Waals surface area contributed by atoms with Crippen molar-refractivity contribution in [2.45, 2.75) is 39.3 Å². The van der Waals surface area contributed by atoms with Crippen LogP contribution in [0.25, 0.3) is 0 Å². The molecule has 1 aromatic rings. The molecular formula is C13H18ClNO2. The molecule has 0 radical (unpaired) electrons. The Balaban J connectivity index is 2.70. The predicted molar refractivity (Wildman–Crippen MR) is 69.4 cm³/mol. The van der Waals surface area contributed by atoms with Crippen LogP contribution in [0.5, 0.6) is 5.75 Å². The zero-order valence-electron chi connectivity index (χ0n) is 10.4. The maximum absolute atomic E-state index is 11.8. The Morgan fingerprint density at radius 2 is 2.06 bits per heavy atom. The van der Waals surface area contributed by atoms with Gasteiger partial charge in [-0.2, -0.15) is 0 Å². The van der Waals surface area contributed by atoms with E-state index in [1.54, 1.807) is 12.1 Å². The largest absolute Gasteiger partial charge is 0.479 e. The Labute approximate surface area is 107 Å². The zero-order valence-corrected chi connectivity index (χ0v) is 11.1. The Hall–Kier alpha value is -1.22. The Morgan fingerprint density at radius 3 is 2.59 bits per heavy atom. The van der Waals surface area contributed by atoms with E-state index < -0.39 is 6.10 Å². The van der Waals surface area contributed by atoms with Crippen molar-refractivity contribution in [2.24, 2.45) is 0 Å². The molecule has 3 nitrogen and oxygen atoms in total. The predicted octanol–water partition coefficient (Wildman–Crippen LogP) is 3.02. The van der Waals surface area contributed by atoms with Gasteiger partial charge in [-0.1, -0.05) is 30.7 Å². The summed E-state index contributed by atoms with van der Waals surface area (Å²) in [6.07, 6.45) is 0.0985. The summed E-state index contributed by atoms with van der Waals surface area (Å²) in [6, 6.07) is 7.25. The zero-order chi connectivity index (χ0) is 12.8. The molecule has 0 saturated heterocycles. The number of nitrogens with one attached hydrogen (secondary N) is 1. The first-order valence-electron chi connectivity index (χ1n) is 5.76. The highest BCUT2D eigenvalue weighted by molar-refractivity contribution is 6.32. The number of benzene rings is 1. The van der Waals surface area contributed by atoms with E-state index in [4.69, 9.17) is 16.3 Å². The lowest BCUT2D eigenvalue weighted by Gasteiger charge is -2.19. The number of para-hydroxylation sites is 1. The average Bonchev–Trinajstić information content (AvgIpc) is 2.27. The first-order chi connectivity index (χ1) is 8.04. The summed E-state index contributed by atoms with van der Waals surface area (Å²) < 4.78 is 5.61. The van der Waals surface area contributed by atoms with Gasteiger partial charge in [0.25, 0.3) is 5.91 Å². The molecule has 1 amide bonds. The minimum absolute atomic E-state index is 0.103. The number of rotatable bonds is 5. The molecule has 17 heavy (non-hydrogen) atoms. The molecule has 0 aliphatic heterocycles. The quantitative estimate of drug-likeness (QED) is 0.878. The second-order valence-corrected chi connectivity index (χ2v) is 4.52. The van der Waals surface area contributed by atoms with Gasteiger partial charge in [0, 0.05) is 6.04 Å². The van der Waals surface area contributed by atoms with Gasteiger partial charge in [0.2, 0.25) is 0 Å². The molecule has 94 valence electrons. The fourth-order valence-corrected chi connectivity index (χ4v) is 1.57. The van der Waals surface area contributed by atoms with E-state index in [-0.39, 0.29) is 11.9 Å².